The van der Waals surface area contributed by atoms with Crippen LogP contribution in [-0.4, -0.2) is 17.7 Å². The van der Waals surface area contributed by atoms with Crippen molar-refractivity contribution in [1.82, 2.24) is 0 Å². The van der Waals surface area contributed by atoms with Gasteiger partial charge >= 0.3 is 5.97 Å². The molecule has 1 N–H and O–H groups in total. The molecule has 0 heterocycles. The molecule has 2 aromatic carbocycles. The summed E-state index contributed by atoms with van der Waals surface area (Å²) in [5, 5.41) is 9.07. The summed E-state index contributed by atoms with van der Waals surface area (Å²) in [5.74, 6) is -0.0337. The second-order valence-electron chi connectivity index (χ2n) is 4.23. The smallest absolute Gasteiger partial charge is 0.335 e. The fourth-order valence-electron chi connectivity index (χ4n) is 1.92. The number of ether oxygens (including phenoxy) is 1. The van der Waals surface area contributed by atoms with E-state index in [1.54, 1.807) is 12.1 Å². The highest BCUT2D eigenvalue weighted by atomic mass is 16.5. The Labute approximate surface area is 112 Å². The number of carboxylic acid groups (broad SMARTS) is 1. The zero-order valence-corrected chi connectivity index (χ0v) is 10.6. The molecule has 3 nitrogen and oxygen atoms in total. The van der Waals surface area contributed by atoms with Crippen LogP contribution in [0.1, 0.15) is 22.3 Å². The molecule has 0 saturated carbocycles. The largest absolute Gasteiger partial charge is 0.494 e. The van der Waals surface area contributed by atoms with Crippen LogP contribution < -0.4 is 4.74 Å². The summed E-state index contributed by atoms with van der Waals surface area (Å²) in [7, 11) is 0. The summed E-state index contributed by atoms with van der Waals surface area (Å²) in [6.45, 7) is 0.581. The lowest BCUT2D eigenvalue weighted by atomic mass is 10.0. The van der Waals surface area contributed by atoms with Gasteiger partial charge in [-0.3, -0.25) is 0 Å². The van der Waals surface area contributed by atoms with Crippen LogP contribution in [0, 0.1) is 0 Å². The molecular weight excluding hydrogens is 240 g/mol. The Morgan fingerprint density at radius 1 is 1.00 bits per heavy atom. The molecule has 2 rings (SSSR count). The molecule has 0 fully saturated rings. The number of rotatable bonds is 6. The predicted octanol–water partition coefficient (Wildman–Crippen LogP) is 3.40. The molecule has 19 heavy (non-hydrogen) atoms. The first-order valence-corrected chi connectivity index (χ1v) is 6.26. The van der Waals surface area contributed by atoms with Crippen LogP contribution in [0.3, 0.4) is 0 Å². The third kappa shape index (κ3) is 3.85. The zero-order chi connectivity index (χ0) is 13.5. The third-order valence-corrected chi connectivity index (χ3v) is 2.85. The Kier molecular flexibility index (Phi) is 4.56. The van der Waals surface area contributed by atoms with Crippen LogP contribution in [0.4, 0.5) is 0 Å². The quantitative estimate of drug-likeness (QED) is 0.806. The van der Waals surface area contributed by atoms with E-state index in [0.29, 0.717) is 18.6 Å². The lowest BCUT2D eigenvalue weighted by Crippen LogP contribution is -2.04. The first kappa shape index (κ1) is 13.1. The van der Waals surface area contributed by atoms with Crippen molar-refractivity contribution in [1.29, 1.82) is 0 Å². The Balaban J connectivity index is 1.85. The fourth-order valence-corrected chi connectivity index (χ4v) is 1.92. The Hall–Kier alpha value is -2.29. The molecule has 0 saturated heterocycles. The van der Waals surface area contributed by atoms with Gasteiger partial charge in [-0.25, -0.2) is 4.79 Å². The van der Waals surface area contributed by atoms with Gasteiger partial charge in [0.15, 0.2) is 0 Å². The van der Waals surface area contributed by atoms with Gasteiger partial charge in [0.25, 0.3) is 0 Å². The zero-order valence-electron chi connectivity index (χ0n) is 10.6. The van der Waals surface area contributed by atoms with Crippen LogP contribution in [0.2, 0.25) is 0 Å². The summed E-state index contributed by atoms with van der Waals surface area (Å²) in [6, 6.07) is 16.7. The van der Waals surface area contributed by atoms with Crippen LogP contribution in [-0.2, 0) is 6.42 Å². The maximum absolute atomic E-state index is 11.0. The van der Waals surface area contributed by atoms with Gasteiger partial charge < -0.3 is 9.84 Å². The molecule has 0 aliphatic rings. The van der Waals surface area contributed by atoms with Gasteiger partial charge in [0.1, 0.15) is 5.75 Å². The molecule has 0 amide bonds. The lowest BCUT2D eigenvalue weighted by molar-refractivity contribution is 0.0695. The Bertz CT molecular complexity index is 535. The first-order valence-electron chi connectivity index (χ1n) is 6.26. The van der Waals surface area contributed by atoms with Crippen molar-refractivity contribution in [2.75, 3.05) is 6.61 Å². The number of aryl methyl sites for hydroxylation is 1. The van der Waals surface area contributed by atoms with E-state index in [-0.39, 0.29) is 0 Å². The molecule has 3 heteroatoms. The highest BCUT2D eigenvalue weighted by Gasteiger charge is 2.08. The molecule has 0 unspecified atom stereocenters. The van der Waals surface area contributed by atoms with Gasteiger partial charge in [-0.1, -0.05) is 36.4 Å². The van der Waals surface area contributed by atoms with Crippen molar-refractivity contribution in [3.05, 3.63) is 65.7 Å². The van der Waals surface area contributed by atoms with Crippen LogP contribution in [0.25, 0.3) is 0 Å². The minimum absolute atomic E-state index is 0.377. The molecule has 0 aliphatic carbocycles. The lowest BCUT2D eigenvalue weighted by Gasteiger charge is -2.07. The fraction of sp³-hybridized carbons (Fsp3) is 0.188. The Morgan fingerprint density at radius 2 is 1.68 bits per heavy atom. The van der Waals surface area contributed by atoms with Crippen LogP contribution in [0.5, 0.6) is 5.75 Å². The Morgan fingerprint density at radius 3 is 2.42 bits per heavy atom. The van der Waals surface area contributed by atoms with Gasteiger partial charge in [0.2, 0.25) is 0 Å². The van der Waals surface area contributed by atoms with Crippen molar-refractivity contribution in [3.8, 4) is 5.75 Å². The molecular formula is C16H16O3. The first-order chi connectivity index (χ1) is 9.27. The van der Waals surface area contributed by atoms with E-state index in [4.69, 9.17) is 9.84 Å². The molecule has 0 bridgehead atoms. The molecule has 2 aromatic rings. The molecule has 0 atom stereocenters. The standard InChI is InChI=1S/C16H16O3/c17-16(18)15-11-5-4-7-13(15)8-6-12-19-14-9-2-1-3-10-14/h1-5,7,9-11H,6,8,12H2,(H,17,18). The normalized spacial score (nSPS) is 10.1. The highest BCUT2D eigenvalue weighted by Crippen LogP contribution is 2.13. The monoisotopic (exact) mass is 256 g/mol. The summed E-state index contributed by atoms with van der Waals surface area (Å²) in [4.78, 5) is 11.0. The highest BCUT2D eigenvalue weighted by molar-refractivity contribution is 5.89. The van der Waals surface area contributed by atoms with E-state index < -0.39 is 5.97 Å². The van der Waals surface area contributed by atoms with Gasteiger partial charge in [0, 0.05) is 0 Å². The third-order valence-electron chi connectivity index (χ3n) is 2.85. The van der Waals surface area contributed by atoms with E-state index >= 15 is 0 Å². The number of benzene rings is 2. The van der Waals surface area contributed by atoms with Crippen molar-refractivity contribution in [3.63, 3.8) is 0 Å². The van der Waals surface area contributed by atoms with Gasteiger partial charge in [-0.2, -0.15) is 0 Å². The van der Waals surface area contributed by atoms with Gasteiger partial charge in [-0.15, -0.1) is 0 Å². The second-order valence-corrected chi connectivity index (χ2v) is 4.23. The average molecular weight is 256 g/mol. The SMILES string of the molecule is O=C(O)c1ccccc1CCCOc1ccccc1. The topological polar surface area (TPSA) is 46.5 Å². The maximum atomic E-state index is 11.0. The summed E-state index contributed by atoms with van der Waals surface area (Å²) in [6.07, 6.45) is 1.49. The molecule has 0 aliphatic heterocycles. The number of hydrogen-bond acceptors (Lipinski definition) is 2. The van der Waals surface area contributed by atoms with Crippen LogP contribution in [0.15, 0.2) is 54.6 Å². The maximum Gasteiger partial charge on any atom is 0.335 e. The van der Waals surface area contributed by atoms with Crippen molar-refractivity contribution in [2.24, 2.45) is 0 Å². The summed E-state index contributed by atoms with van der Waals surface area (Å²) >= 11 is 0. The summed E-state index contributed by atoms with van der Waals surface area (Å²) in [5.41, 5.74) is 1.23. The number of hydrogen-bond donors (Lipinski definition) is 1. The number of carbonyl (C=O) groups is 1. The van der Waals surface area contributed by atoms with Crippen molar-refractivity contribution >= 4 is 5.97 Å². The average Bonchev–Trinajstić information content (AvgIpc) is 2.45. The van der Waals surface area contributed by atoms with Gasteiger partial charge in [-0.05, 0) is 36.6 Å². The summed E-state index contributed by atoms with van der Waals surface area (Å²) < 4.78 is 5.58. The van der Waals surface area contributed by atoms with Gasteiger partial charge in [0.05, 0.1) is 12.2 Å². The molecule has 0 aromatic heterocycles. The van der Waals surface area contributed by atoms with Crippen molar-refractivity contribution < 1.29 is 14.6 Å². The minimum atomic E-state index is -0.875. The van der Waals surface area contributed by atoms with Crippen LogP contribution >= 0.6 is 0 Å². The minimum Gasteiger partial charge on any atom is -0.494 e. The van der Waals surface area contributed by atoms with E-state index in [9.17, 15) is 4.79 Å². The molecule has 98 valence electrons. The number of aromatic carboxylic acids is 1. The van der Waals surface area contributed by atoms with E-state index in [0.717, 1.165) is 17.7 Å². The number of para-hydroxylation sites is 1. The van der Waals surface area contributed by atoms with E-state index in [1.807, 2.05) is 42.5 Å². The number of carboxylic acids is 1. The predicted molar refractivity (Wildman–Crippen MR) is 73.7 cm³/mol. The van der Waals surface area contributed by atoms with E-state index in [2.05, 4.69) is 0 Å². The van der Waals surface area contributed by atoms with E-state index in [1.165, 1.54) is 0 Å². The second kappa shape index (κ2) is 6.59. The van der Waals surface area contributed by atoms with Crippen molar-refractivity contribution in [2.45, 2.75) is 12.8 Å². The molecule has 0 spiro atoms. The molecule has 0 radical (unpaired) electrons.